The van der Waals surface area contributed by atoms with Crippen LogP contribution in [0.3, 0.4) is 0 Å². The number of halogens is 1. The Hall–Kier alpha value is -2.26. The second kappa shape index (κ2) is 4.78. The molecule has 0 aliphatic heterocycles. The average Bonchev–Trinajstić information content (AvgIpc) is 2.42. The first-order valence-corrected chi connectivity index (χ1v) is 6.18. The molecule has 0 radical (unpaired) electrons. The third-order valence-electron chi connectivity index (χ3n) is 2.75. The zero-order valence-corrected chi connectivity index (χ0v) is 10.8. The number of anilines is 1. The number of aromatic nitrogens is 1. The molecule has 3 nitrogen and oxygen atoms in total. The van der Waals surface area contributed by atoms with E-state index in [4.69, 9.17) is 22.1 Å². The smallest absolute Gasteiger partial charge is 0.146 e. The number of benzene rings is 2. The Bertz CT molecular complexity index is 743. The number of para-hydroxylation sites is 1. The van der Waals surface area contributed by atoms with E-state index in [2.05, 4.69) is 4.98 Å². The predicted molar refractivity (Wildman–Crippen MR) is 77.7 cm³/mol. The molecule has 0 saturated heterocycles. The lowest BCUT2D eigenvalue weighted by molar-refractivity contribution is 0.481. The first-order chi connectivity index (χ1) is 9.22. The summed E-state index contributed by atoms with van der Waals surface area (Å²) in [5, 5.41) is 1.50. The van der Waals surface area contributed by atoms with E-state index in [0.717, 1.165) is 10.9 Å². The largest absolute Gasteiger partial charge is 0.454 e. The number of nitrogen functional groups attached to an aromatic ring is 1. The van der Waals surface area contributed by atoms with Crippen LogP contribution in [-0.4, -0.2) is 4.98 Å². The number of pyridine rings is 1. The highest BCUT2D eigenvalue weighted by molar-refractivity contribution is 6.32. The SMILES string of the molecule is Nc1ccc(Oc2cnc3ccccc3c2)c(Cl)c1. The Morgan fingerprint density at radius 1 is 1.05 bits per heavy atom. The van der Waals surface area contributed by atoms with Crippen molar-refractivity contribution in [2.75, 3.05) is 5.73 Å². The topological polar surface area (TPSA) is 48.1 Å². The summed E-state index contributed by atoms with van der Waals surface area (Å²) in [7, 11) is 0. The molecule has 3 aromatic rings. The molecule has 0 bridgehead atoms. The normalized spacial score (nSPS) is 10.6. The average molecular weight is 271 g/mol. The fraction of sp³-hybridized carbons (Fsp3) is 0. The van der Waals surface area contributed by atoms with Crippen molar-refractivity contribution in [2.24, 2.45) is 0 Å². The molecule has 19 heavy (non-hydrogen) atoms. The summed E-state index contributed by atoms with van der Waals surface area (Å²) in [5.41, 5.74) is 7.18. The first kappa shape index (κ1) is 11.8. The fourth-order valence-corrected chi connectivity index (χ4v) is 2.06. The molecular weight excluding hydrogens is 260 g/mol. The van der Waals surface area contributed by atoms with Crippen LogP contribution in [0.4, 0.5) is 5.69 Å². The van der Waals surface area contributed by atoms with Crippen molar-refractivity contribution in [3.05, 3.63) is 59.8 Å². The van der Waals surface area contributed by atoms with E-state index in [1.807, 2.05) is 30.3 Å². The van der Waals surface area contributed by atoms with E-state index in [0.29, 0.717) is 22.2 Å². The van der Waals surface area contributed by atoms with E-state index in [9.17, 15) is 0 Å². The van der Waals surface area contributed by atoms with Gasteiger partial charge in [0.05, 0.1) is 16.7 Å². The van der Waals surface area contributed by atoms with Crippen molar-refractivity contribution >= 4 is 28.2 Å². The molecule has 0 aliphatic rings. The van der Waals surface area contributed by atoms with Gasteiger partial charge in [-0.05, 0) is 30.3 Å². The predicted octanol–water partition coefficient (Wildman–Crippen LogP) is 4.26. The van der Waals surface area contributed by atoms with Gasteiger partial charge in [0.15, 0.2) is 0 Å². The number of nitrogens with two attached hydrogens (primary N) is 1. The monoisotopic (exact) mass is 270 g/mol. The molecule has 1 aromatic heterocycles. The van der Waals surface area contributed by atoms with Crippen LogP contribution < -0.4 is 10.5 Å². The number of rotatable bonds is 2. The molecule has 0 atom stereocenters. The number of hydrogen-bond donors (Lipinski definition) is 1. The van der Waals surface area contributed by atoms with Gasteiger partial charge in [-0.2, -0.15) is 0 Å². The number of ether oxygens (including phenoxy) is 1. The van der Waals surface area contributed by atoms with E-state index in [1.54, 1.807) is 24.4 Å². The molecule has 3 rings (SSSR count). The molecule has 0 aliphatic carbocycles. The van der Waals surface area contributed by atoms with Crippen molar-refractivity contribution in [3.63, 3.8) is 0 Å². The van der Waals surface area contributed by atoms with Gasteiger partial charge in [-0.25, -0.2) is 0 Å². The van der Waals surface area contributed by atoms with E-state index < -0.39 is 0 Å². The maximum atomic E-state index is 6.07. The third-order valence-corrected chi connectivity index (χ3v) is 3.04. The minimum Gasteiger partial charge on any atom is -0.454 e. The molecule has 0 fully saturated rings. The standard InChI is InChI=1S/C15H11ClN2O/c16-13-8-11(17)5-6-15(13)19-12-7-10-3-1-2-4-14(10)18-9-12/h1-9H,17H2. The highest BCUT2D eigenvalue weighted by Gasteiger charge is 2.04. The van der Waals surface area contributed by atoms with Crippen LogP contribution in [0.25, 0.3) is 10.9 Å². The maximum absolute atomic E-state index is 6.07. The molecule has 0 amide bonds. The first-order valence-electron chi connectivity index (χ1n) is 5.80. The lowest BCUT2D eigenvalue weighted by Gasteiger charge is -2.08. The second-order valence-electron chi connectivity index (χ2n) is 4.16. The summed E-state index contributed by atoms with van der Waals surface area (Å²) < 4.78 is 5.72. The van der Waals surface area contributed by atoms with Gasteiger partial charge in [-0.1, -0.05) is 29.8 Å². The Labute approximate surface area is 115 Å². The summed E-state index contributed by atoms with van der Waals surface area (Å²) in [4.78, 5) is 4.33. The molecule has 2 N–H and O–H groups in total. The Morgan fingerprint density at radius 2 is 1.89 bits per heavy atom. The lowest BCUT2D eigenvalue weighted by Crippen LogP contribution is -1.89. The molecule has 1 heterocycles. The summed E-state index contributed by atoms with van der Waals surface area (Å²) in [5.74, 6) is 1.21. The second-order valence-corrected chi connectivity index (χ2v) is 4.56. The van der Waals surface area contributed by atoms with Gasteiger partial charge in [0.25, 0.3) is 0 Å². The van der Waals surface area contributed by atoms with Crippen molar-refractivity contribution in [1.29, 1.82) is 0 Å². The van der Waals surface area contributed by atoms with Crippen LogP contribution in [0.2, 0.25) is 5.02 Å². The van der Waals surface area contributed by atoms with Gasteiger partial charge in [0.2, 0.25) is 0 Å². The van der Waals surface area contributed by atoms with Crippen LogP contribution in [0, 0.1) is 0 Å². The van der Waals surface area contributed by atoms with Crippen LogP contribution in [0.1, 0.15) is 0 Å². The van der Waals surface area contributed by atoms with Gasteiger partial charge in [0, 0.05) is 11.1 Å². The molecular formula is C15H11ClN2O. The van der Waals surface area contributed by atoms with Gasteiger partial charge >= 0.3 is 0 Å². The van der Waals surface area contributed by atoms with Crippen LogP contribution >= 0.6 is 11.6 Å². The Kier molecular flexibility index (Phi) is 2.97. The van der Waals surface area contributed by atoms with Crippen molar-refractivity contribution in [3.8, 4) is 11.5 Å². The number of hydrogen-bond acceptors (Lipinski definition) is 3. The molecule has 0 spiro atoms. The summed E-state index contributed by atoms with van der Waals surface area (Å²) in [6.45, 7) is 0. The zero-order chi connectivity index (χ0) is 13.2. The van der Waals surface area contributed by atoms with E-state index in [-0.39, 0.29) is 0 Å². The number of fused-ring (bicyclic) bond motifs is 1. The van der Waals surface area contributed by atoms with Crippen LogP contribution in [-0.2, 0) is 0 Å². The van der Waals surface area contributed by atoms with Crippen LogP contribution in [0.5, 0.6) is 11.5 Å². The lowest BCUT2D eigenvalue weighted by atomic mass is 10.2. The van der Waals surface area contributed by atoms with Crippen molar-refractivity contribution < 1.29 is 4.74 Å². The molecule has 4 heteroatoms. The molecule has 2 aromatic carbocycles. The molecule has 94 valence electrons. The van der Waals surface area contributed by atoms with E-state index >= 15 is 0 Å². The van der Waals surface area contributed by atoms with Crippen LogP contribution in [0.15, 0.2) is 54.7 Å². The Morgan fingerprint density at radius 3 is 2.74 bits per heavy atom. The highest BCUT2D eigenvalue weighted by atomic mass is 35.5. The summed E-state index contributed by atoms with van der Waals surface area (Å²) in [6, 6.07) is 14.9. The number of nitrogens with zero attached hydrogens (tertiary/aromatic N) is 1. The minimum absolute atomic E-state index is 0.480. The molecule has 0 saturated carbocycles. The van der Waals surface area contributed by atoms with Crippen molar-refractivity contribution in [2.45, 2.75) is 0 Å². The quantitative estimate of drug-likeness (QED) is 0.708. The zero-order valence-electron chi connectivity index (χ0n) is 10.0. The molecule has 0 unspecified atom stereocenters. The van der Waals surface area contributed by atoms with Crippen molar-refractivity contribution in [1.82, 2.24) is 4.98 Å². The van der Waals surface area contributed by atoms with Gasteiger partial charge in [-0.15, -0.1) is 0 Å². The third kappa shape index (κ3) is 2.46. The van der Waals surface area contributed by atoms with Gasteiger partial charge < -0.3 is 10.5 Å². The Balaban J connectivity index is 1.96. The maximum Gasteiger partial charge on any atom is 0.146 e. The van der Waals surface area contributed by atoms with Gasteiger partial charge in [-0.3, -0.25) is 4.98 Å². The fourth-order valence-electron chi connectivity index (χ4n) is 1.83. The summed E-state index contributed by atoms with van der Waals surface area (Å²) >= 11 is 6.07. The highest BCUT2D eigenvalue weighted by Crippen LogP contribution is 2.31. The van der Waals surface area contributed by atoms with Gasteiger partial charge in [0.1, 0.15) is 11.5 Å². The summed E-state index contributed by atoms with van der Waals surface area (Å²) in [6.07, 6.45) is 1.68. The van der Waals surface area contributed by atoms with E-state index in [1.165, 1.54) is 0 Å². The minimum atomic E-state index is 0.480.